The quantitative estimate of drug-likeness (QED) is 0.593. The fourth-order valence-corrected chi connectivity index (χ4v) is 2.94. The normalized spacial score (nSPS) is 13.1. The Bertz CT molecular complexity index is 902. The Labute approximate surface area is 177 Å². The molecule has 1 saturated carbocycles. The molecule has 3 rings (SSSR count). The van der Waals surface area contributed by atoms with Crippen LogP contribution in [0.25, 0.3) is 6.08 Å². The molecule has 1 aliphatic carbocycles. The van der Waals surface area contributed by atoms with Gasteiger partial charge in [0.15, 0.2) is 6.61 Å². The van der Waals surface area contributed by atoms with Gasteiger partial charge in [-0.05, 0) is 62.1 Å². The van der Waals surface area contributed by atoms with Gasteiger partial charge in [0, 0.05) is 24.2 Å². The van der Waals surface area contributed by atoms with Crippen LogP contribution in [0.3, 0.4) is 0 Å². The molecule has 0 aliphatic heterocycles. The highest BCUT2D eigenvalue weighted by atomic mass is 16.5. The van der Waals surface area contributed by atoms with E-state index in [0.29, 0.717) is 24.8 Å². The van der Waals surface area contributed by atoms with Gasteiger partial charge in [0.2, 0.25) is 5.91 Å². The highest BCUT2D eigenvalue weighted by Crippen LogP contribution is 2.21. The number of rotatable bonds is 10. The first-order chi connectivity index (χ1) is 14.5. The fraction of sp³-hybridized carbons (Fsp3) is 0.333. The third kappa shape index (κ3) is 6.95. The summed E-state index contributed by atoms with van der Waals surface area (Å²) in [5.41, 5.74) is 3.05. The molecule has 6 heteroatoms. The van der Waals surface area contributed by atoms with Gasteiger partial charge in [0.1, 0.15) is 11.5 Å². The minimum atomic E-state index is -0.153. The number of aryl methyl sites for hydroxylation is 1. The van der Waals surface area contributed by atoms with Crippen LogP contribution in [0, 0.1) is 6.92 Å². The second-order valence-corrected chi connectivity index (χ2v) is 7.39. The lowest BCUT2D eigenvalue weighted by Crippen LogP contribution is -2.30. The zero-order chi connectivity index (χ0) is 21.3. The monoisotopic (exact) mass is 408 g/mol. The Morgan fingerprint density at radius 1 is 1.13 bits per heavy atom. The minimum absolute atomic E-state index is 0.0317. The first-order valence-corrected chi connectivity index (χ1v) is 10.1. The second-order valence-electron chi connectivity index (χ2n) is 7.39. The van der Waals surface area contributed by atoms with Crippen LogP contribution in [0.15, 0.2) is 48.5 Å². The molecular weight excluding hydrogens is 380 g/mol. The summed E-state index contributed by atoms with van der Waals surface area (Å²) in [5, 5.41) is 5.77. The summed E-state index contributed by atoms with van der Waals surface area (Å²) in [4.78, 5) is 23.7. The number of carbonyl (C=O) groups excluding carboxylic acids is 2. The first kappa shape index (κ1) is 21.4. The molecule has 0 aromatic heterocycles. The maximum absolute atomic E-state index is 12.1. The molecule has 0 radical (unpaired) electrons. The van der Waals surface area contributed by atoms with Crippen molar-refractivity contribution in [1.82, 2.24) is 10.6 Å². The molecule has 0 unspecified atom stereocenters. The molecular formula is C24H28N2O4. The van der Waals surface area contributed by atoms with Crippen LogP contribution in [0.4, 0.5) is 0 Å². The number of ether oxygens (including phenoxy) is 2. The van der Waals surface area contributed by atoms with Crippen molar-refractivity contribution in [3.63, 3.8) is 0 Å². The van der Waals surface area contributed by atoms with E-state index in [-0.39, 0.29) is 18.4 Å². The molecule has 158 valence electrons. The maximum Gasteiger partial charge on any atom is 0.258 e. The van der Waals surface area contributed by atoms with Crippen LogP contribution in [-0.4, -0.2) is 38.1 Å². The highest BCUT2D eigenvalue weighted by molar-refractivity contribution is 5.92. The minimum Gasteiger partial charge on any atom is -0.496 e. The number of nitrogens with one attached hydrogen (secondary N) is 2. The molecule has 1 fully saturated rings. The van der Waals surface area contributed by atoms with Gasteiger partial charge >= 0.3 is 0 Å². The van der Waals surface area contributed by atoms with E-state index in [2.05, 4.69) is 10.6 Å². The van der Waals surface area contributed by atoms with Crippen molar-refractivity contribution < 1.29 is 19.1 Å². The number of hydrogen-bond donors (Lipinski definition) is 2. The van der Waals surface area contributed by atoms with Gasteiger partial charge in [-0.15, -0.1) is 0 Å². The van der Waals surface area contributed by atoms with Crippen molar-refractivity contribution >= 4 is 17.9 Å². The third-order valence-electron chi connectivity index (χ3n) is 4.75. The van der Waals surface area contributed by atoms with Gasteiger partial charge in [-0.25, -0.2) is 0 Å². The largest absolute Gasteiger partial charge is 0.496 e. The summed E-state index contributed by atoms with van der Waals surface area (Å²) in [6.07, 6.45) is 6.10. The standard InChI is InChI=1S/C24H28N2O4/c1-17-3-11-22(29-2)19(15-17)6-12-23(27)25-14-13-18-4-9-21(10-5-18)30-16-24(28)26-20-7-8-20/h3-6,9-12,15,20H,7-8,13-14,16H2,1-2H3,(H,25,27)(H,26,28). The molecule has 0 bridgehead atoms. The topological polar surface area (TPSA) is 76.7 Å². The molecule has 0 atom stereocenters. The van der Waals surface area contributed by atoms with Gasteiger partial charge < -0.3 is 20.1 Å². The Morgan fingerprint density at radius 2 is 1.90 bits per heavy atom. The van der Waals surface area contributed by atoms with Crippen molar-refractivity contribution in [1.29, 1.82) is 0 Å². The zero-order valence-electron chi connectivity index (χ0n) is 17.4. The molecule has 0 heterocycles. The van der Waals surface area contributed by atoms with Crippen LogP contribution in [0.2, 0.25) is 0 Å². The number of methoxy groups -OCH3 is 1. The summed E-state index contributed by atoms with van der Waals surface area (Å²) >= 11 is 0. The Balaban J connectivity index is 1.39. The van der Waals surface area contributed by atoms with Gasteiger partial charge in [-0.3, -0.25) is 9.59 Å². The highest BCUT2D eigenvalue weighted by Gasteiger charge is 2.23. The predicted octanol–water partition coefficient (Wildman–Crippen LogP) is 3.03. The van der Waals surface area contributed by atoms with Crippen LogP contribution in [0.1, 0.15) is 29.5 Å². The molecule has 2 amide bonds. The summed E-state index contributed by atoms with van der Waals surface area (Å²) in [6, 6.07) is 13.7. The van der Waals surface area contributed by atoms with E-state index in [1.54, 1.807) is 13.2 Å². The van der Waals surface area contributed by atoms with Crippen LogP contribution < -0.4 is 20.1 Å². The van der Waals surface area contributed by atoms with Gasteiger partial charge in [0.05, 0.1) is 7.11 Å². The number of carbonyl (C=O) groups is 2. The van der Waals surface area contributed by atoms with E-state index in [0.717, 1.165) is 35.3 Å². The van der Waals surface area contributed by atoms with Crippen molar-refractivity contribution in [3.05, 3.63) is 65.2 Å². The molecule has 0 saturated heterocycles. The van der Waals surface area contributed by atoms with Gasteiger partial charge in [0.25, 0.3) is 5.91 Å². The molecule has 2 N–H and O–H groups in total. The number of amides is 2. The third-order valence-corrected chi connectivity index (χ3v) is 4.75. The first-order valence-electron chi connectivity index (χ1n) is 10.1. The SMILES string of the molecule is COc1ccc(C)cc1C=CC(=O)NCCc1ccc(OCC(=O)NC2CC2)cc1. The number of hydrogen-bond acceptors (Lipinski definition) is 4. The lowest BCUT2D eigenvalue weighted by molar-refractivity contribution is -0.123. The van der Waals surface area contributed by atoms with Crippen LogP contribution >= 0.6 is 0 Å². The fourth-order valence-electron chi connectivity index (χ4n) is 2.94. The maximum atomic E-state index is 12.1. The van der Waals surface area contributed by atoms with E-state index in [1.165, 1.54) is 6.08 Å². The average molecular weight is 408 g/mol. The van der Waals surface area contributed by atoms with E-state index in [1.807, 2.05) is 49.4 Å². The summed E-state index contributed by atoms with van der Waals surface area (Å²) in [7, 11) is 1.61. The molecule has 2 aromatic carbocycles. The molecule has 0 spiro atoms. The van der Waals surface area contributed by atoms with E-state index in [9.17, 15) is 9.59 Å². The molecule has 2 aromatic rings. The zero-order valence-corrected chi connectivity index (χ0v) is 17.4. The average Bonchev–Trinajstić information content (AvgIpc) is 3.56. The van der Waals surface area contributed by atoms with E-state index < -0.39 is 0 Å². The van der Waals surface area contributed by atoms with E-state index >= 15 is 0 Å². The predicted molar refractivity (Wildman–Crippen MR) is 117 cm³/mol. The Hall–Kier alpha value is -3.28. The van der Waals surface area contributed by atoms with Crippen molar-refractivity contribution in [2.45, 2.75) is 32.2 Å². The van der Waals surface area contributed by atoms with Crippen molar-refractivity contribution in [2.75, 3.05) is 20.3 Å². The Kier molecular flexibility index (Phi) is 7.49. The molecule has 1 aliphatic rings. The molecule has 30 heavy (non-hydrogen) atoms. The van der Waals surface area contributed by atoms with E-state index in [4.69, 9.17) is 9.47 Å². The summed E-state index contributed by atoms with van der Waals surface area (Å²) < 4.78 is 10.8. The lowest BCUT2D eigenvalue weighted by Gasteiger charge is -2.08. The Morgan fingerprint density at radius 3 is 2.60 bits per heavy atom. The van der Waals surface area contributed by atoms with Crippen LogP contribution in [-0.2, 0) is 16.0 Å². The van der Waals surface area contributed by atoms with Gasteiger partial charge in [-0.2, -0.15) is 0 Å². The van der Waals surface area contributed by atoms with Gasteiger partial charge in [-0.1, -0.05) is 23.8 Å². The van der Waals surface area contributed by atoms with Crippen molar-refractivity contribution in [2.24, 2.45) is 0 Å². The summed E-state index contributed by atoms with van der Waals surface area (Å²) in [6.45, 7) is 2.55. The van der Waals surface area contributed by atoms with Crippen molar-refractivity contribution in [3.8, 4) is 11.5 Å². The number of benzene rings is 2. The second kappa shape index (κ2) is 10.5. The summed E-state index contributed by atoms with van der Waals surface area (Å²) in [5.74, 6) is 1.15. The molecule has 6 nitrogen and oxygen atoms in total. The van der Waals surface area contributed by atoms with Crippen LogP contribution in [0.5, 0.6) is 11.5 Å². The lowest BCUT2D eigenvalue weighted by atomic mass is 10.1. The smallest absolute Gasteiger partial charge is 0.258 e.